The van der Waals surface area contributed by atoms with Crippen molar-refractivity contribution in [2.45, 2.75) is 6.92 Å². The van der Waals surface area contributed by atoms with E-state index in [4.69, 9.17) is 0 Å². The van der Waals surface area contributed by atoms with E-state index in [9.17, 15) is 14.4 Å². The zero-order valence-corrected chi connectivity index (χ0v) is 12.7. The van der Waals surface area contributed by atoms with Gasteiger partial charge in [0.2, 0.25) is 0 Å². The van der Waals surface area contributed by atoms with Crippen LogP contribution in [0.5, 0.6) is 0 Å². The van der Waals surface area contributed by atoms with Gasteiger partial charge in [0.25, 0.3) is 5.91 Å². The molecular formula is C18H17NO4. The van der Waals surface area contributed by atoms with Gasteiger partial charge in [-0.3, -0.25) is 14.4 Å². The fourth-order valence-corrected chi connectivity index (χ4v) is 1.93. The number of carbonyl (C=O) groups is 3. The second kappa shape index (κ2) is 7.89. The molecule has 5 nitrogen and oxygen atoms in total. The lowest BCUT2D eigenvalue weighted by Crippen LogP contribution is -2.31. The molecule has 0 saturated carbocycles. The minimum Gasteiger partial charge on any atom is -0.456 e. The first kappa shape index (κ1) is 16.4. The number of Topliss-reactive ketones (excluding diaryl/α,β-unsaturated/α-hetero) is 1. The summed E-state index contributed by atoms with van der Waals surface area (Å²) in [6, 6.07) is 16.9. The number of ketones is 1. The Morgan fingerprint density at radius 3 is 2.13 bits per heavy atom. The van der Waals surface area contributed by atoms with E-state index in [2.05, 4.69) is 10.1 Å². The van der Waals surface area contributed by atoms with Crippen LogP contribution < -0.4 is 5.32 Å². The van der Waals surface area contributed by atoms with E-state index >= 15 is 0 Å². The van der Waals surface area contributed by atoms with Crippen molar-refractivity contribution < 1.29 is 19.1 Å². The van der Waals surface area contributed by atoms with Crippen molar-refractivity contribution in [1.29, 1.82) is 0 Å². The van der Waals surface area contributed by atoms with Gasteiger partial charge < -0.3 is 10.1 Å². The van der Waals surface area contributed by atoms with Crippen molar-refractivity contribution in [1.82, 2.24) is 5.32 Å². The molecule has 2 aromatic carbocycles. The third-order valence-electron chi connectivity index (χ3n) is 3.08. The Kier molecular flexibility index (Phi) is 5.63. The Morgan fingerprint density at radius 1 is 0.913 bits per heavy atom. The molecule has 0 bridgehead atoms. The zero-order valence-electron chi connectivity index (χ0n) is 12.7. The van der Waals surface area contributed by atoms with Crippen LogP contribution in [0.3, 0.4) is 0 Å². The molecule has 0 heterocycles. The fraction of sp³-hybridized carbons (Fsp3) is 0.167. The number of rotatable bonds is 6. The molecule has 1 N–H and O–H groups in total. The summed E-state index contributed by atoms with van der Waals surface area (Å²) in [5.74, 6) is -1.26. The molecule has 0 saturated heterocycles. The first-order valence-corrected chi connectivity index (χ1v) is 7.15. The molecule has 2 rings (SSSR count). The highest BCUT2D eigenvalue weighted by atomic mass is 16.5. The molecule has 118 valence electrons. The Labute approximate surface area is 134 Å². The molecule has 0 aliphatic heterocycles. The van der Waals surface area contributed by atoms with Crippen LogP contribution in [0.25, 0.3) is 11.1 Å². The van der Waals surface area contributed by atoms with Crippen molar-refractivity contribution in [3.63, 3.8) is 0 Å². The van der Waals surface area contributed by atoms with Gasteiger partial charge in [0.05, 0.1) is 0 Å². The summed E-state index contributed by atoms with van der Waals surface area (Å²) in [6.07, 6.45) is 0. The number of hydrogen-bond donors (Lipinski definition) is 1. The number of ether oxygens (including phenoxy) is 1. The molecule has 5 heteroatoms. The van der Waals surface area contributed by atoms with E-state index in [0.29, 0.717) is 5.56 Å². The number of carbonyl (C=O) groups excluding carboxylic acids is 3. The molecule has 23 heavy (non-hydrogen) atoms. The average molecular weight is 311 g/mol. The molecule has 0 aliphatic rings. The number of nitrogens with one attached hydrogen (secondary N) is 1. The van der Waals surface area contributed by atoms with Crippen LogP contribution >= 0.6 is 0 Å². The van der Waals surface area contributed by atoms with Gasteiger partial charge in [0.15, 0.2) is 5.78 Å². The molecule has 0 spiro atoms. The lowest BCUT2D eigenvalue weighted by atomic mass is 10.0. The largest absolute Gasteiger partial charge is 0.456 e. The number of amides is 1. The van der Waals surface area contributed by atoms with E-state index in [1.165, 1.54) is 6.92 Å². The van der Waals surface area contributed by atoms with Crippen molar-refractivity contribution in [2.24, 2.45) is 0 Å². The van der Waals surface area contributed by atoms with Gasteiger partial charge in [-0.1, -0.05) is 42.5 Å². The summed E-state index contributed by atoms with van der Waals surface area (Å²) in [4.78, 5) is 34.0. The lowest BCUT2D eigenvalue weighted by Gasteiger charge is -2.06. The van der Waals surface area contributed by atoms with Crippen LogP contribution in [0.1, 0.15) is 17.3 Å². The third-order valence-corrected chi connectivity index (χ3v) is 3.08. The fourth-order valence-electron chi connectivity index (χ4n) is 1.93. The zero-order chi connectivity index (χ0) is 16.7. The van der Waals surface area contributed by atoms with Gasteiger partial charge in [-0.15, -0.1) is 0 Å². The van der Waals surface area contributed by atoms with Crippen LogP contribution in [0, 0.1) is 0 Å². The SMILES string of the molecule is CC(=O)COC(=O)CNC(=O)c1ccc(-c2ccccc2)cc1. The summed E-state index contributed by atoms with van der Waals surface area (Å²) in [6.45, 7) is 0.771. The minimum atomic E-state index is -0.644. The van der Waals surface area contributed by atoms with E-state index in [1.807, 2.05) is 42.5 Å². The summed E-state index contributed by atoms with van der Waals surface area (Å²) in [5.41, 5.74) is 2.51. The van der Waals surface area contributed by atoms with Crippen molar-refractivity contribution >= 4 is 17.7 Å². The first-order valence-electron chi connectivity index (χ1n) is 7.15. The molecular weight excluding hydrogens is 294 g/mol. The topological polar surface area (TPSA) is 72.5 Å². The molecule has 0 aromatic heterocycles. The third kappa shape index (κ3) is 5.07. The summed E-state index contributed by atoms with van der Waals surface area (Å²) in [7, 11) is 0. The van der Waals surface area contributed by atoms with E-state index in [0.717, 1.165) is 11.1 Å². The maximum atomic E-state index is 11.9. The monoisotopic (exact) mass is 311 g/mol. The quantitative estimate of drug-likeness (QED) is 0.830. The Morgan fingerprint density at radius 2 is 1.52 bits per heavy atom. The predicted molar refractivity (Wildman–Crippen MR) is 85.9 cm³/mol. The Hall–Kier alpha value is -2.95. The Bertz CT molecular complexity index is 693. The van der Waals surface area contributed by atoms with Gasteiger partial charge in [-0.2, -0.15) is 0 Å². The highest BCUT2D eigenvalue weighted by Gasteiger charge is 2.09. The molecule has 0 radical (unpaired) electrons. The van der Waals surface area contributed by atoms with E-state index in [1.54, 1.807) is 12.1 Å². The first-order chi connectivity index (χ1) is 11.1. The predicted octanol–water partition coefficient (Wildman–Crippen LogP) is 2.22. The van der Waals surface area contributed by atoms with Crippen LogP contribution in [0.15, 0.2) is 54.6 Å². The van der Waals surface area contributed by atoms with Crippen LogP contribution in [0.4, 0.5) is 0 Å². The maximum Gasteiger partial charge on any atom is 0.325 e. The Balaban J connectivity index is 1.90. The maximum absolute atomic E-state index is 11.9. The van der Waals surface area contributed by atoms with Gasteiger partial charge in [-0.05, 0) is 30.2 Å². The van der Waals surface area contributed by atoms with Gasteiger partial charge in [0.1, 0.15) is 13.2 Å². The smallest absolute Gasteiger partial charge is 0.325 e. The summed E-state index contributed by atoms with van der Waals surface area (Å²) >= 11 is 0. The number of esters is 1. The van der Waals surface area contributed by atoms with Crippen molar-refractivity contribution in [3.05, 3.63) is 60.2 Å². The van der Waals surface area contributed by atoms with Crippen LogP contribution in [-0.2, 0) is 14.3 Å². The van der Waals surface area contributed by atoms with Crippen LogP contribution in [-0.4, -0.2) is 30.8 Å². The minimum absolute atomic E-state index is 0.249. The van der Waals surface area contributed by atoms with Gasteiger partial charge in [0, 0.05) is 5.56 Å². The summed E-state index contributed by atoms with van der Waals surface area (Å²) < 4.78 is 4.66. The average Bonchev–Trinajstić information content (AvgIpc) is 2.58. The van der Waals surface area contributed by atoms with E-state index < -0.39 is 5.97 Å². The van der Waals surface area contributed by atoms with Crippen LogP contribution in [0.2, 0.25) is 0 Å². The molecule has 0 unspecified atom stereocenters. The molecule has 0 atom stereocenters. The van der Waals surface area contributed by atoms with Crippen molar-refractivity contribution in [2.75, 3.05) is 13.2 Å². The highest BCUT2D eigenvalue weighted by molar-refractivity contribution is 5.96. The van der Waals surface area contributed by atoms with Gasteiger partial charge in [-0.25, -0.2) is 0 Å². The number of hydrogen-bond acceptors (Lipinski definition) is 4. The van der Waals surface area contributed by atoms with Crippen molar-refractivity contribution in [3.8, 4) is 11.1 Å². The molecule has 0 aliphatic carbocycles. The number of benzene rings is 2. The molecule has 1 amide bonds. The second-order valence-corrected chi connectivity index (χ2v) is 4.99. The summed E-state index contributed by atoms with van der Waals surface area (Å²) in [5, 5.41) is 2.46. The lowest BCUT2D eigenvalue weighted by molar-refractivity contribution is -0.146. The van der Waals surface area contributed by atoms with E-state index in [-0.39, 0.29) is 24.8 Å². The second-order valence-electron chi connectivity index (χ2n) is 4.99. The molecule has 0 fully saturated rings. The van der Waals surface area contributed by atoms with Gasteiger partial charge >= 0.3 is 5.97 Å². The molecule has 2 aromatic rings. The highest BCUT2D eigenvalue weighted by Crippen LogP contribution is 2.19. The normalized spacial score (nSPS) is 9.96. The standard InChI is InChI=1S/C18H17NO4/c1-13(20)12-23-17(21)11-19-18(22)16-9-7-15(8-10-16)14-5-3-2-4-6-14/h2-10H,11-12H2,1H3,(H,19,22).